The summed E-state index contributed by atoms with van der Waals surface area (Å²) in [6.07, 6.45) is 4.47. The molecule has 0 aliphatic carbocycles. The van der Waals surface area contributed by atoms with Gasteiger partial charge in [0, 0.05) is 12.1 Å². The van der Waals surface area contributed by atoms with Gasteiger partial charge in [-0.15, -0.1) is 0 Å². The molecule has 5 heteroatoms. The van der Waals surface area contributed by atoms with Crippen LogP contribution in [0.2, 0.25) is 0 Å². The Labute approximate surface area is 111 Å². The van der Waals surface area contributed by atoms with Gasteiger partial charge in [0.15, 0.2) is 0 Å². The van der Waals surface area contributed by atoms with Gasteiger partial charge in [-0.25, -0.2) is 0 Å². The largest absolute Gasteiger partial charge is 0.307 e. The number of pyridine rings is 1. The van der Waals surface area contributed by atoms with Gasteiger partial charge < -0.3 is 4.98 Å². The quantitative estimate of drug-likeness (QED) is 0.813. The van der Waals surface area contributed by atoms with Crippen LogP contribution in [0.25, 0.3) is 11.0 Å². The predicted octanol–water partition coefficient (Wildman–Crippen LogP) is 2.47. The Balaban J connectivity index is 2.44. The highest BCUT2D eigenvalue weighted by molar-refractivity contribution is 5.77. The highest BCUT2D eigenvalue weighted by Crippen LogP contribution is 2.18. The van der Waals surface area contributed by atoms with Crippen molar-refractivity contribution < 1.29 is 0 Å². The Kier molecular flexibility index (Phi) is 3.93. The topological polar surface area (TPSA) is 70.7 Å². The number of fused-ring (bicyclic) bond motifs is 1. The van der Waals surface area contributed by atoms with Crippen LogP contribution in [0.1, 0.15) is 51.1 Å². The summed E-state index contributed by atoms with van der Waals surface area (Å²) in [6, 6.07) is 1.64. The zero-order valence-corrected chi connectivity index (χ0v) is 11.7. The summed E-state index contributed by atoms with van der Waals surface area (Å²) in [5.74, 6) is 0. The zero-order valence-electron chi connectivity index (χ0n) is 11.7. The predicted molar refractivity (Wildman–Crippen MR) is 76.8 cm³/mol. The Morgan fingerprint density at radius 1 is 1.32 bits per heavy atom. The third-order valence-electron chi connectivity index (χ3n) is 3.58. The van der Waals surface area contributed by atoms with Crippen molar-refractivity contribution in [1.29, 1.82) is 0 Å². The van der Waals surface area contributed by atoms with Crippen LogP contribution in [0, 0.1) is 6.92 Å². The highest BCUT2D eigenvalue weighted by atomic mass is 16.1. The third-order valence-corrected chi connectivity index (χ3v) is 3.58. The number of rotatable bonds is 5. The molecule has 0 spiro atoms. The average Bonchev–Trinajstić information content (AvgIpc) is 2.66. The summed E-state index contributed by atoms with van der Waals surface area (Å²) in [7, 11) is 0. The van der Waals surface area contributed by atoms with E-state index in [-0.39, 0.29) is 17.2 Å². The average molecular weight is 263 g/mol. The van der Waals surface area contributed by atoms with E-state index in [4.69, 9.17) is 0 Å². The van der Waals surface area contributed by atoms with Crippen molar-refractivity contribution in [3.05, 3.63) is 32.3 Å². The van der Waals surface area contributed by atoms with Gasteiger partial charge in [0.05, 0.1) is 5.39 Å². The van der Waals surface area contributed by atoms with Crippen molar-refractivity contribution in [3.8, 4) is 0 Å². The van der Waals surface area contributed by atoms with Crippen LogP contribution in [-0.2, 0) is 0 Å². The lowest BCUT2D eigenvalue weighted by molar-refractivity contribution is 0.445. The Morgan fingerprint density at radius 3 is 2.74 bits per heavy atom. The van der Waals surface area contributed by atoms with Gasteiger partial charge in [0.1, 0.15) is 5.65 Å². The minimum Gasteiger partial charge on any atom is -0.307 e. The molecular weight excluding hydrogens is 242 g/mol. The standard InChI is InChI=1S/C14H21N3O2/c1-4-5-6-7-10(3)17-13-12(14(19)16-17)9(2)8-11(18)15-13/h8,10H,4-7H2,1-3H3,(H,15,18)(H,16,19)/t10-/m1/s1. The van der Waals surface area contributed by atoms with E-state index in [0.717, 1.165) is 18.4 Å². The fourth-order valence-electron chi connectivity index (χ4n) is 2.51. The molecule has 0 fully saturated rings. The number of nitrogens with one attached hydrogen (secondary N) is 2. The van der Waals surface area contributed by atoms with Crippen LogP contribution >= 0.6 is 0 Å². The van der Waals surface area contributed by atoms with Crippen molar-refractivity contribution in [2.24, 2.45) is 0 Å². The minimum atomic E-state index is -0.168. The minimum absolute atomic E-state index is 0.133. The van der Waals surface area contributed by atoms with E-state index in [0.29, 0.717) is 11.0 Å². The highest BCUT2D eigenvalue weighted by Gasteiger charge is 2.14. The molecule has 2 rings (SSSR count). The lowest BCUT2D eigenvalue weighted by atomic mass is 10.1. The maximum absolute atomic E-state index is 12.0. The second kappa shape index (κ2) is 5.47. The summed E-state index contributed by atoms with van der Waals surface area (Å²) in [5.41, 5.74) is 1.03. The SMILES string of the molecule is CCCCC[C@@H](C)n1[nH]c(=O)c2c(C)cc(=O)[nH]c21. The van der Waals surface area contributed by atoms with Crippen LogP contribution in [0.4, 0.5) is 0 Å². The molecule has 2 heterocycles. The summed E-state index contributed by atoms with van der Waals surface area (Å²) in [5, 5.41) is 3.42. The van der Waals surface area contributed by atoms with Gasteiger partial charge in [-0.2, -0.15) is 0 Å². The molecule has 19 heavy (non-hydrogen) atoms. The van der Waals surface area contributed by atoms with Crippen LogP contribution in [0.15, 0.2) is 15.7 Å². The summed E-state index contributed by atoms with van der Waals surface area (Å²) in [4.78, 5) is 26.3. The smallest absolute Gasteiger partial charge is 0.273 e. The first-order valence-corrected chi connectivity index (χ1v) is 6.88. The molecule has 0 bridgehead atoms. The van der Waals surface area contributed by atoms with Gasteiger partial charge >= 0.3 is 0 Å². The van der Waals surface area contributed by atoms with E-state index in [2.05, 4.69) is 23.9 Å². The number of aromatic nitrogens is 3. The maximum Gasteiger partial charge on any atom is 0.273 e. The number of nitrogens with zero attached hydrogens (tertiary/aromatic N) is 1. The normalized spacial score (nSPS) is 13.0. The maximum atomic E-state index is 12.0. The van der Waals surface area contributed by atoms with Crippen LogP contribution < -0.4 is 11.1 Å². The zero-order chi connectivity index (χ0) is 14.0. The summed E-state index contributed by atoms with van der Waals surface area (Å²) < 4.78 is 1.79. The fourth-order valence-corrected chi connectivity index (χ4v) is 2.51. The number of hydrogen-bond donors (Lipinski definition) is 2. The molecule has 0 saturated carbocycles. The molecule has 0 unspecified atom stereocenters. The van der Waals surface area contributed by atoms with E-state index in [1.54, 1.807) is 11.6 Å². The number of hydrogen-bond acceptors (Lipinski definition) is 2. The monoisotopic (exact) mass is 263 g/mol. The second-order valence-corrected chi connectivity index (χ2v) is 5.20. The molecule has 0 radical (unpaired) electrons. The van der Waals surface area contributed by atoms with E-state index >= 15 is 0 Å². The van der Waals surface area contributed by atoms with Gasteiger partial charge in [-0.1, -0.05) is 26.2 Å². The molecule has 0 amide bonds. The van der Waals surface area contributed by atoms with Gasteiger partial charge in [0.25, 0.3) is 5.56 Å². The number of unbranched alkanes of at least 4 members (excludes halogenated alkanes) is 2. The first-order valence-electron chi connectivity index (χ1n) is 6.88. The number of aryl methyl sites for hydroxylation is 1. The molecule has 104 valence electrons. The summed E-state index contributed by atoms with van der Waals surface area (Å²) >= 11 is 0. The molecule has 1 atom stereocenters. The molecule has 2 aromatic rings. The molecule has 2 N–H and O–H groups in total. The van der Waals surface area contributed by atoms with Crippen molar-refractivity contribution >= 4 is 11.0 Å². The Hall–Kier alpha value is -1.78. The number of H-pyrrole nitrogens is 2. The van der Waals surface area contributed by atoms with Crippen LogP contribution in [0.3, 0.4) is 0 Å². The van der Waals surface area contributed by atoms with Gasteiger partial charge in [-0.05, 0) is 25.8 Å². The van der Waals surface area contributed by atoms with Crippen molar-refractivity contribution in [3.63, 3.8) is 0 Å². The molecule has 2 aromatic heterocycles. The lowest BCUT2D eigenvalue weighted by Crippen LogP contribution is -2.12. The molecule has 0 aliphatic rings. The number of aromatic amines is 2. The van der Waals surface area contributed by atoms with Crippen molar-refractivity contribution in [1.82, 2.24) is 14.8 Å². The van der Waals surface area contributed by atoms with Crippen molar-refractivity contribution in [2.45, 2.75) is 52.5 Å². The molecule has 0 aromatic carbocycles. The second-order valence-electron chi connectivity index (χ2n) is 5.20. The van der Waals surface area contributed by atoms with Crippen molar-refractivity contribution in [2.75, 3.05) is 0 Å². The Morgan fingerprint density at radius 2 is 2.05 bits per heavy atom. The van der Waals surface area contributed by atoms with Crippen LogP contribution in [0.5, 0.6) is 0 Å². The molecule has 0 aliphatic heterocycles. The molecule has 5 nitrogen and oxygen atoms in total. The van der Waals surface area contributed by atoms with Crippen LogP contribution in [-0.4, -0.2) is 14.8 Å². The lowest BCUT2D eigenvalue weighted by Gasteiger charge is -2.13. The van der Waals surface area contributed by atoms with E-state index < -0.39 is 0 Å². The van der Waals surface area contributed by atoms with E-state index in [9.17, 15) is 9.59 Å². The fraction of sp³-hybridized carbons (Fsp3) is 0.571. The molecular formula is C14H21N3O2. The Bertz CT molecular complexity index is 678. The van der Waals surface area contributed by atoms with E-state index in [1.165, 1.54) is 18.9 Å². The van der Waals surface area contributed by atoms with E-state index in [1.807, 2.05) is 0 Å². The molecule has 0 saturated heterocycles. The third kappa shape index (κ3) is 2.64. The first-order chi connectivity index (χ1) is 9.04. The van der Waals surface area contributed by atoms with Gasteiger partial charge in [-0.3, -0.25) is 19.4 Å². The van der Waals surface area contributed by atoms with Gasteiger partial charge in [0.2, 0.25) is 5.56 Å². The first kappa shape index (κ1) is 13.6. The summed E-state index contributed by atoms with van der Waals surface area (Å²) in [6.45, 7) is 6.02.